The number of hydrogen-bond donors (Lipinski definition) is 0. The molecule has 0 spiro atoms. The van der Waals surface area contributed by atoms with Crippen molar-refractivity contribution in [2.75, 3.05) is 11.6 Å². The molecule has 0 radical (unpaired) electrons. The maximum absolute atomic E-state index is 12.2. The zero-order valence-electron chi connectivity index (χ0n) is 10.8. The van der Waals surface area contributed by atoms with E-state index in [1.54, 1.807) is 0 Å². The summed E-state index contributed by atoms with van der Waals surface area (Å²) in [6.07, 6.45) is 0.883. The highest BCUT2D eigenvalue weighted by Gasteiger charge is 2.34. The average molecular weight is 310 g/mol. The smallest absolute Gasteiger partial charge is 0.258 e. The van der Waals surface area contributed by atoms with Crippen LogP contribution in [0.5, 0.6) is 0 Å². The first-order valence-corrected chi connectivity index (χ1v) is 8.04. The molecule has 0 unspecified atom stereocenters. The lowest BCUT2D eigenvalue weighted by Crippen LogP contribution is -2.15. The number of rotatable bonds is 7. The van der Waals surface area contributed by atoms with Crippen molar-refractivity contribution in [2.45, 2.75) is 38.3 Å². The molecule has 0 fully saturated rings. The number of hydrogen-bond acceptors (Lipinski definition) is 5. The van der Waals surface area contributed by atoms with E-state index < -0.39 is 20.4 Å². The van der Waals surface area contributed by atoms with Crippen molar-refractivity contribution < 1.29 is 13.3 Å². The Morgan fingerprint density at radius 2 is 2.11 bits per heavy atom. The van der Waals surface area contributed by atoms with E-state index in [1.807, 2.05) is 6.92 Å². The molecule has 0 N–H and O–H groups in total. The Balaban J connectivity index is 3.41. The first-order chi connectivity index (χ1) is 8.85. The first-order valence-electron chi connectivity index (χ1n) is 5.85. The van der Waals surface area contributed by atoms with Crippen LogP contribution < -0.4 is 0 Å². The molecular weight excluding hydrogens is 294 g/mol. The predicted octanol–water partition coefficient (Wildman–Crippen LogP) is 1.91. The normalized spacial score (nSPS) is 11.7. The van der Waals surface area contributed by atoms with Gasteiger partial charge in [0.25, 0.3) is 0 Å². The van der Waals surface area contributed by atoms with Crippen LogP contribution in [0.15, 0.2) is 5.03 Å². The van der Waals surface area contributed by atoms with Gasteiger partial charge in [0.05, 0.1) is 10.7 Å². The highest BCUT2D eigenvalue weighted by atomic mass is 35.5. The van der Waals surface area contributed by atoms with Crippen molar-refractivity contribution >= 4 is 27.1 Å². The highest BCUT2D eigenvalue weighted by Crippen LogP contribution is 2.28. The molecule has 0 aliphatic carbocycles. The highest BCUT2D eigenvalue weighted by molar-refractivity contribution is 7.91. The Morgan fingerprint density at radius 1 is 1.47 bits per heavy atom. The second-order valence-electron chi connectivity index (χ2n) is 4.08. The minimum absolute atomic E-state index is 0.114. The van der Waals surface area contributed by atoms with E-state index in [0.717, 1.165) is 0 Å². The largest absolute Gasteiger partial charge is 0.328 e. The van der Waals surface area contributed by atoms with Crippen LogP contribution in [-0.4, -0.2) is 34.8 Å². The van der Waals surface area contributed by atoms with Gasteiger partial charge in [0, 0.05) is 12.4 Å². The van der Waals surface area contributed by atoms with Gasteiger partial charge in [-0.25, -0.2) is 13.1 Å². The van der Waals surface area contributed by atoms with Gasteiger partial charge in [0.15, 0.2) is 0 Å². The van der Waals surface area contributed by atoms with E-state index >= 15 is 0 Å². The summed E-state index contributed by atoms with van der Waals surface area (Å²) in [6.45, 7) is 3.60. The molecule has 108 valence electrons. The second-order valence-corrected chi connectivity index (χ2v) is 6.48. The maximum atomic E-state index is 12.2. The van der Waals surface area contributed by atoms with Crippen LogP contribution in [0.4, 0.5) is 5.69 Å². The molecule has 0 amide bonds. The molecule has 1 rings (SSSR count). The fourth-order valence-corrected chi connectivity index (χ4v) is 3.75. The molecule has 19 heavy (non-hydrogen) atoms. The van der Waals surface area contributed by atoms with Gasteiger partial charge in [0.1, 0.15) is 5.69 Å². The number of aryl methyl sites for hydroxylation is 2. The van der Waals surface area contributed by atoms with E-state index in [9.17, 15) is 18.5 Å². The van der Waals surface area contributed by atoms with Gasteiger partial charge in [-0.1, -0.05) is 6.92 Å². The molecule has 9 heteroatoms. The van der Waals surface area contributed by atoms with E-state index in [1.165, 1.54) is 11.6 Å². The lowest BCUT2D eigenvalue weighted by molar-refractivity contribution is -0.388. The molecule has 0 aliphatic rings. The van der Waals surface area contributed by atoms with Crippen molar-refractivity contribution in [2.24, 2.45) is 0 Å². The number of halogens is 1. The fraction of sp³-hybridized carbons (Fsp3) is 0.700. The Kier molecular flexibility index (Phi) is 5.30. The number of sulfone groups is 1. The van der Waals surface area contributed by atoms with Gasteiger partial charge in [0.2, 0.25) is 14.9 Å². The molecular formula is C10H16ClN3O4S. The summed E-state index contributed by atoms with van der Waals surface area (Å²) >= 11 is 5.48. The van der Waals surface area contributed by atoms with E-state index in [-0.39, 0.29) is 28.8 Å². The van der Waals surface area contributed by atoms with Crippen molar-refractivity contribution in [3.8, 4) is 0 Å². The number of nitrogens with zero attached hydrogens (tertiary/aromatic N) is 3. The number of nitro groups is 1. The van der Waals surface area contributed by atoms with Gasteiger partial charge in [-0.2, -0.15) is 5.10 Å². The Bertz CT molecular complexity index is 568. The summed E-state index contributed by atoms with van der Waals surface area (Å²) in [6, 6.07) is 0. The van der Waals surface area contributed by atoms with Crippen molar-refractivity contribution in [1.29, 1.82) is 0 Å². The Morgan fingerprint density at radius 3 is 2.58 bits per heavy atom. The topological polar surface area (TPSA) is 95.1 Å². The summed E-state index contributed by atoms with van der Waals surface area (Å²) in [4.78, 5) is 10.3. The summed E-state index contributed by atoms with van der Waals surface area (Å²) in [5, 5.41) is 14.7. The third-order valence-corrected chi connectivity index (χ3v) is 4.60. The molecule has 0 saturated carbocycles. The second kappa shape index (κ2) is 6.33. The molecule has 7 nitrogen and oxygen atoms in total. The Labute approximate surface area is 116 Å². The molecule has 0 saturated heterocycles. The summed E-state index contributed by atoms with van der Waals surface area (Å²) in [5.41, 5.74) is -0.314. The zero-order chi connectivity index (χ0) is 14.6. The molecule has 1 aromatic heterocycles. The van der Waals surface area contributed by atoms with Gasteiger partial charge < -0.3 is 0 Å². The van der Waals surface area contributed by atoms with Crippen LogP contribution in [0.1, 0.15) is 25.5 Å². The van der Waals surface area contributed by atoms with E-state index in [4.69, 9.17) is 11.6 Å². The van der Waals surface area contributed by atoms with Gasteiger partial charge in [-0.05, 0) is 19.8 Å². The standard InChI is InChI=1S/C10H16ClN3O4S/c1-3-6-13-10(19(17,18)7-4-5-11)9(14(15)16)8(2)12-13/h3-7H2,1-2H3. The van der Waals surface area contributed by atoms with Crippen molar-refractivity contribution in [1.82, 2.24) is 9.78 Å². The Hall–Kier alpha value is -1.15. The first kappa shape index (κ1) is 15.9. The monoisotopic (exact) mass is 309 g/mol. The summed E-state index contributed by atoms with van der Waals surface area (Å²) in [7, 11) is -3.76. The quantitative estimate of drug-likeness (QED) is 0.435. The molecule has 0 aromatic carbocycles. The van der Waals surface area contributed by atoms with Crippen LogP contribution in [-0.2, 0) is 16.4 Å². The zero-order valence-corrected chi connectivity index (χ0v) is 12.4. The summed E-state index contributed by atoms with van der Waals surface area (Å²) in [5.74, 6) is -0.0277. The van der Waals surface area contributed by atoms with E-state index in [2.05, 4.69) is 5.10 Å². The predicted molar refractivity (Wildman–Crippen MR) is 71.3 cm³/mol. The van der Waals surface area contributed by atoms with Crippen molar-refractivity contribution in [3.05, 3.63) is 15.8 Å². The molecule has 0 bridgehead atoms. The summed E-state index contributed by atoms with van der Waals surface area (Å²) < 4.78 is 25.6. The van der Waals surface area contributed by atoms with Crippen molar-refractivity contribution in [3.63, 3.8) is 0 Å². The third-order valence-electron chi connectivity index (χ3n) is 2.51. The molecule has 1 aromatic rings. The maximum Gasteiger partial charge on any atom is 0.328 e. The number of aromatic nitrogens is 2. The molecule has 0 atom stereocenters. The lowest BCUT2D eigenvalue weighted by Gasteiger charge is -2.06. The third kappa shape index (κ3) is 3.44. The number of alkyl halides is 1. The van der Waals surface area contributed by atoms with Crippen LogP contribution in [0, 0.1) is 17.0 Å². The SMILES string of the molecule is CCCn1nc(C)c([N+](=O)[O-])c1S(=O)(=O)CCCCl. The van der Waals surface area contributed by atoms with E-state index in [0.29, 0.717) is 13.0 Å². The van der Waals surface area contributed by atoms with Crippen LogP contribution in [0.2, 0.25) is 0 Å². The van der Waals surface area contributed by atoms with Gasteiger partial charge >= 0.3 is 5.69 Å². The van der Waals surface area contributed by atoms with Crippen LogP contribution >= 0.6 is 11.6 Å². The van der Waals surface area contributed by atoms with Crippen LogP contribution in [0.3, 0.4) is 0 Å². The average Bonchev–Trinajstić information content (AvgIpc) is 2.64. The minimum atomic E-state index is -3.76. The lowest BCUT2D eigenvalue weighted by atomic mass is 10.4. The van der Waals surface area contributed by atoms with Gasteiger partial charge in [-0.3, -0.25) is 10.1 Å². The minimum Gasteiger partial charge on any atom is -0.258 e. The fourth-order valence-electron chi connectivity index (χ4n) is 1.77. The van der Waals surface area contributed by atoms with Gasteiger partial charge in [-0.15, -0.1) is 11.6 Å². The molecule has 0 aliphatic heterocycles. The molecule has 1 heterocycles. The van der Waals surface area contributed by atoms with Crippen LogP contribution in [0.25, 0.3) is 0 Å².